The lowest BCUT2D eigenvalue weighted by atomic mass is 10.3. The topological polar surface area (TPSA) is 58.2 Å². The van der Waals surface area contributed by atoms with Gasteiger partial charge in [-0.1, -0.05) is 40.9 Å². The molecule has 2 N–H and O–H groups in total. The summed E-state index contributed by atoms with van der Waals surface area (Å²) in [6.07, 6.45) is 0. The fourth-order valence-corrected chi connectivity index (χ4v) is 2.22. The lowest BCUT2D eigenvalue weighted by Crippen LogP contribution is -2.29. The lowest BCUT2D eigenvalue weighted by molar-refractivity contribution is -0.132. The molecule has 0 saturated carbocycles. The number of rotatable bonds is 2. The number of halogens is 4. The molecule has 0 aliphatic rings. The van der Waals surface area contributed by atoms with Gasteiger partial charge in [-0.2, -0.15) is 0 Å². The molecule has 2 aromatic carbocycles. The first-order valence-corrected chi connectivity index (χ1v) is 7.03. The Bertz CT molecular complexity index is 733. The fraction of sp³-hybridized carbons (Fsp3) is 0. The predicted molar refractivity (Wildman–Crippen MR) is 85.1 cm³/mol. The van der Waals surface area contributed by atoms with Crippen molar-refractivity contribution in [1.82, 2.24) is 0 Å². The highest BCUT2D eigenvalue weighted by atomic mass is 35.5. The Morgan fingerprint density at radius 2 is 1.45 bits per heavy atom. The first-order chi connectivity index (χ1) is 10.4. The molecule has 22 heavy (non-hydrogen) atoms. The van der Waals surface area contributed by atoms with Gasteiger partial charge in [-0.25, -0.2) is 4.39 Å². The third kappa shape index (κ3) is 3.88. The molecule has 0 bridgehead atoms. The highest BCUT2D eigenvalue weighted by molar-refractivity contribution is 6.46. The van der Waals surface area contributed by atoms with Crippen LogP contribution in [0, 0.1) is 5.82 Å². The predicted octanol–water partition coefficient (Wildman–Crippen LogP) is 4.36. The maximum Gasteiger partial charge on any atom is 0.314 e. The highest BCUT2D eigenvalue weighted by Gasteiger charge is 2.17. The summed E-state index contributed by atoms with van der Waals surface area (Å²) in [5.41, 5.74) is 0.305. The number of para-hydroxylation sites is 1. The van der Waals surface area contributed by atoms with Crippen molar-refractivity contribution in [3.8, 4) is 0 Å². The number of nitrogens with one attached hydrogen (secondary N) is 2. The Balaban J connectivity index is 2.09. The summed E-state index contributed by atoms with van der Waals surface area (Å²) in [6, 6.07) is 8.16. The van der Waals surface area contributed by atoms with Crippen LogP contribution < -0.4 is 10.6 Å². The Morgan fingerprint density at radius 1 is 0.864 bits per heavy atom. The first-order valence-electron chi connectivity index (χ1n) is 5.90. The van der Waals surface area contributed by atoms with Gasteiger partial charge in [0, 0.05) is 5.69 Å². The van der Waals surface area contributed by atoms with Crippen LogP contribution in [-0.2, 0) is 9.59 Å². The van der Waals surface area contributed by atoms with Crippen molar-refractivity contribution >= 4 is 58.0 Å². The van der Waals surface area contributed by atoms with Gasteiger partial charge in [0.25, 0.3) is 0 Å². The van der Waals surface area contributed by atoms with E-state index in [1.807, 2.05) is 0 Å². The van der Waals surface area contributed by atoms with Crippen LogP contribution in [0.2, 0.25) is 15.1 Å². The molecule has 8 heteroatoms. The Morgan fingerprint density at radius 3 is 2.05 bits per heavy atom. The minimum atomic E-state index is -0.976. The summed E-state index contributed by atoms with van der Waals surface area (Å²) in [7, 11) is 0. The van der Waals surface area contributed by atoms with Crippen LogP contribution in [0.4, 0.5) is 15.8 Å². The van der Waals surface area contributed by atoms with E-state index in [9.17, 15) is 14.0 Å². The van der Waals surface area contributed by atoms with Gasteiger partial charge in [0.1, 0.15) is 5.82 Å². The number of carbonyl (C=O) groups is 2. The average molecular weight is 362 g/mol. The van der Waals surface area contributed by atoms with Crippen molar-refractivity contribution < 1.29 is 14.0 Å². The van der Waals surface area contributed by atoms with Crippen LogP contribution in [0.3, 0.4) is 0 Å². The molecular formula is C14H8Cl3FN2O2. The SMILES string of the molecule is O=C(Nc1ccc(F)c(Cl)c1)C(=O)Nc1c(Cl)cccc1Cl. The summed E-state index contributed by atoms with van der Waals surface area (Å²) in [5.74, 6) is -2.58. The van der Waals surface area contributed by atoms with E-state index < -0.39 is 17.6 Å². The Kier molecular flexibility index (Phi) is 5.24. The summed E-state index contributed by atoms with van der Waals surface area (Å²) in [5, 5.41) is 4.80. The van der Waals surface area contributed by atoms with Crippen LogP contribution >= 0.6 is 34.8 Å². The molecular weight excluding hydrogens is 354 g/mol. The van der Waals surface area contributed by atoms with Crippen molar-refractivity contribution in [1.29, 1.82) is 0 Å². The summed E-state index contributed by atoms with van der Waals surface area (Å²) < 4.78 is 13.0. The van der Waals surface area contributed by atoms with E-state index >= 15 is 0 Å². The van der Waals surface area contributed by atoms with Crippen LogP contribution in [-0.4, -0.2) is 11.8 Å². The van der Waals surface area contributed by atoms with Gasteiger partial charge in [-0.05, 0) is 30.3 Å². The average Bonchev–Trinajstić information content (AvgIpc) is 2.46. The number of hydrogen-bond acceptors (Lipinski definition) is 2. The molecule has 0 unspecified atom stereocenters. The normalized spacial score (nSPS) is 10.2. The molecule has 0 aliphatic heterocycles. The Hall–Kier alpha value is -1.82. The zero-order chi connectivity index (χ0) is 16.3. The van der Waals surface area contributed by atoms with Crippen molar-refractivity contribution in [2.24, 2.45) is 0 Å². The molecule has 2 amide bonds. The number of anilines is 2. The van der Waals surface area contributed by atoms with Crippen LogP contribution in [0.1, 0.15) is 0 Å². The lowest BCUT2D eigenvalue weighted by Gasteiger charge is -2.09. The van der Waals surface area contributed by atoms with Crippen molar-refractivity contribution in [2.45, 2.75) is 0 Å². The molecule has 0 heterocycles. The van der Waals surface area contributed by atoms with E-state index in [0.29, 0.717) is 0 Å². The van der Waals surface area contributed by atoms with E-state index in [4.69, 9.17) is 34.8 Å². The second-order valence-corrected chi connectivity index (χ2v) is 5.36. The van der Waals surface area contributed by atoms with Gasteiger partial charge in [0.05, 0.1) is 20.8 Å². The molecule has 0 saturated heterocycles. The minimum absolute atomic E-state index is 0.128. The molecule has 0 fully saturated rings. The van der Waals surface area contributed by atoms with Gasteiger partial charge < -0.3 is 10.6 Å². The molecule has 4 nitrogen and oxygen atoms in total. The van der Waals surface area contributed by atoms with Crippen molar-refractivity contribution in [3.63, 3.8) is 0 Å². The fourth-order valence-electron chi connectivity index (χ4n) is 1.55. The van der Waals surface area contributed by atoms with E-state index in [1.54, 1.807) is 6.07 Å². The quantitative estimate of drug-likeness (QED) is 0.781. The highest BCUT2D eigenvalue weighted by Crippen LogP contribution is 2.29. The van der Waals surface area contributed by atoms with Crippen molar-refractivity contribution in [3.05, 3.63) is 57.3 Å². The second-order valence-electron chi connectivity index (χ2n) is 4.13. The number of carbonyl (C=O) groups excluding carboxylic acids is 2. The summed E-state index contributed by atoms with van der Waals surface area (Å²) >= 11 is 17.4. The third-order valence-electron chi connectivity index (χ3n) is 2.58. The molecule has 0 aliphatic carbocycles. The van der Waals surface area contributed by atoms with E-state index in [0.717, 1.165) is 6.07 Å². The van der Waals surface area contributed by atoms with E-state index in [-0.39, 0.29) is 26.4 Å². The van der Waals surface area contributed by atoms with Gasteiger partial charge >= 0.3 is 11.8 Å². The van der Waals surface area contributed by atoms with Gasteiger partial charge in [0.15, 0.2) is 0 Å². The molecule has 2 aromatic rings. The third-order valence-corrected chi connectivity index (χ3v) is 3.50. The minimum Gasteiger partial charge on any atom is -0.318 e. The van der Waals surface area contributed by atoms with Crippen molar-refractivity contribution in [2.75, 3.05) is 10.6 Å². The molecule has 114 valence electrons. The zero-order valence-corrected chi connectivity index (χ0v) is 13.1. The number of amides is 2. The number of benzene rings is 2. The maximum absolute atomic E-state index is 13.0. The maximum atomic E-state index is 13.0. The van der Waals surface area contributed by atoms with E-state index in [1.165, 1.54) is 24.3 Å². The van der Waals surface area contributed by atoms with Crippen LogP contribution in [0.25, 0.3) is 0 Å². The smallest absolute Gasteiger partial charge is 0.314 e. The van der Waals surface area contributed by atoms with E-state index in [2.05, 4.69) is 10.6 Å². The zero-order valence-electron chi connectivity index (χ0n) is 10.8. The number of hydrogen-bond donors (Lipinski definition) is 2. The van der Waals surface area contributed by atoms with Crippen LogP contribution in [0.5, 0.6) is 0 Å². The molecule has 0 spiro atoms. The van der Waals surface area contributed by atoms with Gasteiger partial charge in [-0.15, -0.1) is 0 Å². The second kappa shape index (κ2) is 6.96. The molecule has 0 atom stereocenters. The molecule has 2 rings (SSSR count). The molecule has 0 radical (unpaired) electrons. The summed E-state index contributed by atoms with van der Waals surface area (Å²) in [4.78, 5) is 23.6. The summed E-state index contributed by atoms with van der Waals surface area (Å²) in [6.45, 7) is 0. The first kappa shape index (κ1) is 16.5. The van der Waals surface area contributed by atoms with Gasteiger partial charge in [-0.3, -0.25) is 9.59 Å². The largest absolute Gasteiger partial charge is 0.318 e. The standard InChI is InChI=1S/C14H8Cl3FN2O2/c15-8-2-1-3-9(16)12(8)20-14(22)13(21)19-7-4-5-11(18)10(17)6-7/h1-6H,(H,19,21)(H,20,22). The van der Waals surface area contributed by atoms with Gasteiger partial charge in [0.2, 0.25) is 0 Å². The monoisotopic (exact) mass is 360 g/mol. The molecule has 0 aromatic heterocycles. The Labute approximate surface area is 140 Å². The van der Waals surface area contributed by atoms with Crippen LogP contribution in [0.15, 0.2) is 36.4 Å².